The number of aryl methyl sites for hydroxylation is 1. The molecule has 0 aliphatic heterocycles. The summed E-state index contributed by atoms with van der Waals surface area (Å²) in [6, 6.07) is 10.4. The normalized spacial score (nSPS) is 9.67. The number of rotatable bonds is 5. The molecule has 0 unspecified atom stereocenters. The maximum absolute atomic E-state index is 5.20. The van der Waals surface area contributed by atoms with Gasteiger partial charge in [-0.05, 0) is 12.0 Å². The first kappa shape index (κ1) is 12.4. The molecule has 0 saturated carbocycles. The van der Waals surface area contributed by atoms with Gasteiger partial charge in [0, 0.05) is 17.4 Å². The zero-order valence-electron chi connectivity index (χ0n) is 8.50. The Kier molecular flexibility index (Phi) is 5.58. The van der Waals surface area contributed by atoms with Gasteiger partial charge in [-0.2, -0.15) is 0 Å². The summed E-state index contributed by atoms with van der Waals surface area (Å²) in [5, 5.41) is 3.14. The molecular formula is C12H14BrNS. The largest absolute Gasteiger partial charge is 0.375 e. The Hall–Kier alpha value is -0.670. The van der Waals surface area contributed by atoms with Crippen LogP contribution in [0.15, 0.2) is 41.4 Å². The summed E-state index contributed by atoms with van der Waals surface area (Å²) in [4.78, 5) is 0.888. The lowest BCUT2D eigenvalue weighted by Crippen LogP contribution is -2.22. The quantitative estimate of drug-likeness (QED) is 0.831. The zero-order chi connectivity index (χ0) is 11.1. The van der Waals surface area contributed by atoms with Crippen LogP contribution in [-0.2, 0) is 6.42 Å². The van der Waals surface area contributed by atoms with Crippen LogP contribution in [0.25, 0.3) is 0 Å². The van der Waals surface area contributed by atoms with Crippen LogP contribution >= 0.6 is 28.1 Å². The molecule has 0 heterocycles. The number of nitrogens with one attached hydrogen (secondary N) is 1. The predicted octanol–water partition coefficient (Wildman–Crippen LogP) is 3.44. The van der Waals surface area contributed by atoms with Gasteiger partial charge in [0.2, 0.25) is 0 Å². The molecule has 1 aromatic rings. The summed E-state index contributed by atoms with van der Waals surface area (Å²) in [7, 11) is 0. The number of halogens is 1. The zero-order valence-corrected chi connectivity index (χ0v) is 10.9. The first-order chi connectivity index (χ1) is 7.18. The lowest BCUT2D eigenvalue weighted by molar-refractivity contribution is 0.961. The van der Waals surface area contributed by atoms with E-state index in [4.69, 9.17) is 12.2 Å². The maximum Gasteiger partial charge on any atom is 0.0759 e. The van der Waals surface area contributed by atoms with Crippen LogP contribution in [0, 0.1) is 0 Å². The standard InChI is InChI=1S/C12H14BrNS/c1-10(13)9-14-12(15)8-7-11-5-3-2-4-6-11/h2-6H,1,7-9H2,(H,14,15). The maximum atomic E-state index is 5.20. The average molecular weight is 284 g/mol. The molecule has 0 radical (unpaired) electrons. The fourth-order valence-corrected chi connectivity index (χ4v) is 1.50. The van der Waals surface area contributed by atoms with Crippen molar-refractivity contribution in [2.45, 2.75) is 12.8 Å². The topological polar surface area (TPSA) is 12.0 Å². The highest BCUT2D eigenvalue weighted by atomic mass is 79.9. The first-order valence-electron chi connectivity index (χ1n) is 4.82. The predicted molar refractivity (Wildman–Crippen MR) is 73.4 cm³/mol. The van der Waals surface area contributed by atoms with E-state index in [1.165, 1.54) is 5.56 Å². The molecule has 1 rings (SSSR count). The molecule has 1 aromatic carbocycles. The fourth-order valence-electron chi connectivity index (χ4n) is 1.19. The van der Waals surface area contributed by atoms with Crippen molar-refractivity contribution in [1.29, 1.82) is 0 Å². The van der Waals surface area contributed by atoms with Gasteiger partial charge in [0.15, 0.2) is 0 Å². The van der Waals surface area contributed by atoms with Gasteiger partial charge in [0.1, 0.15) is 0 Å². The molecule has 0 spiro atoms. The fraction of sp³-hybridized carbons (Fsp3) is 0.250. The third-order valence-electron chi connectivity index (χ3n) is 1.96. The summed E-state index contributed by atoms with van der Waals surface area (Å²) in [6.45, 7) is 4.44. The monoisotopic (exact) mass is 283 g/mol. The molecule has 0 aliphatic carbocycles. The lowest BCUT2D eigenvalue weighted by atomic mass is 10.1. The average Bonchev–Trinajstić information content (AvgIpc) is 2.25. The van der Waals surface area contributed by atoms with E-state index in [1.807, 2.05) is 18.2 Å². The summed E-state index contributed by atoms with van der Waals surface area (Å²) in [5.74, 6) is 0. The van der Waals surface area contributed by atoms with E-state index in [-0.39, 0.29) is 0 Å². The second-order valence-corrected chi connectivity index (χ2v) is 4.89. The Labute approximate surface area is 105 Å². The van der Waals surface area contributed by atoms with Crippen molar-refractivity contribution in [2.75, 3.05) is 6.54 Å². The van der Waals surface area contributed by atoms with Crippen LogP contribution in [0.5, 0.6) is 0 Å². The van der Waals surface area contributed by atoms with E-state index in [0.717, 1.165) is 22.3 Å². The highest BCUT2D eigenvalue weighted by Gasteiger charge is 1.97. The van der Waals surface area contributed by atoms with Crippen molar-refractivity contribution in [2.24, 2.45) is 0 Å². The third kappa shape index (κ3) is 5.70. The molecule has 15 heavy (non-hydrogen) atoms. The van der Waals surface area contributed by atoms with Gasteiger partial charge in [-0.15, -0.1) is 0 Å². The van der Waals surface area contributed by atoms with E-state index in [9.17, 15) is 0 Å². The number of hydrogen-bond acceptors (Lipinski definition) is 1. The van der Waals surface area contributed by atoms with Gasteiger partial charge in [-0.25, -0.2) is 0 Å². The van der Waals surface area contributed by atoms with Crippen molar-refractivity contribution in [3.63, 3.8) is 0 Å². The van der Waals surface area contributed by atoms with Crippen molar-refractivity contribution >= 4 is 33.1 Å². The van der Waals surface area contributed by atoms with E-state index in [0.29, 0.717) is 6.54 Å². The smallest absolute Gasteiger partial charge is 0.0759 e. The molecule has 0 aromatic heterocycles. The number of thiocarbonyl (C=S) groups is 1. The van der Waals surface area contributed by atoms with Gasteiger partial charge in [-0.3, -0.25) is 0 Å². The molecule has 80 valence electrons. The molecule has 0 bridgehead atoms. The summed E-state index contributed by atoms with van der Waals surface area (Å²) in [5.41, 5.74) is 1.32. The van der Waals surface area contributed by atoms with Crippen LogP contribution in [0.1, 0.15) is 12.0 Å². The number of benzene rings is 1. The third-order valence-corrected chi connectivity index (χ3v) is 2.59. The molecule has 1 N–H and O–H groups in total. The van der Waals surface area contributed by atoms with Crippen molar-refractivity contribution in [1.82, 2.24) is 5.32 Å². The minimum atomic E-state index is 0.702. The SMILES string of the molecule is C=C(Br)CNC(=S)CCc1ccccc1. The minimum absolute atomic E-state index is 0.702. The molecule has 0 atom stereocenters. The molecule has 0 amide bonds. The first-order valence-corrected chi connectivity index (χ1v) is 6.02. The van der Waals surface area contributed by atoms with Crippen molar-refractivity contribution in [3.05, 3.63) is 47.0 Å². The summed E-state index contributed by atoms with van der Waals surface area (Å²) in [6.07, 6.45) is 1.88. The molecular weight excluding hydrogens is 270 g/mol. The Morgan fingerprint density at radius 3 is 2.60 bits per heavy atom. The van der Waals surface area contributed by atoms with Crippen LogP contribution in [0.4, 0.5) is 0 Å². The molecule has 1 nitrogen and oxygen atoms in total. The molecule has 3 heteroatoms. The molecule has 0 fully saturated rings. The highest BCUT2D eigenvalue weighted by molar-refractivity contribution is 9.11. The lowest BCUT2D eigenvalue weighted by Gasteiger charge is -2.06. The van der Waals surface area contributed by atoms with Gasteiger partial charge < -0.3 is 5.32 Å². The van der Waals surface area contributed by atoms with E-state index in [1.54, 1.807) is 0 Å². The van der Waals surface area contributed by atoms with Gasteiger partial charge in [0.05, 0.1) is 4.99 Å². The van der Waals surface area contributed by atoms with Crippen molar-refractivity contribution < 1.29 is 0 Å². The van der Waals surface area contributed by atoms with E-state index in [2.05, 4.69) is 40.0 Å². The summed E-state index contributed by atoms with van der Waals surface area (Å²) < 4.78 is 0.921. The van der Waals surface area contributed by atoms with Crippen LogP contribution in [0.3, 0.4) is 0 Å². The molecule has 0 saturated heterocycles. The van der Waals surface area contributed by atoms with Crippen LogP contribution in [-0.4, -0.2) is 11.5 Å². The van der Waals surface area contributed by atoms with Crippen LogP contribution in [0.2, 0.25) is 0 Å². The van der Waals surface area contributed by atoms with Gasteiger partial charge in [-0.1, -0.05) is 65.1 Å². The van der Waals surface area contributed by atoms with Gasteiger partial charge >= 0.3 is 0 Å². The Balaban J connectivity index is 2.26. The van der Waals surface area contributed by atoms with Crippen LogP contribution < -0.4 is 5.32 Å². The second kappa shape index (κ2) is 6.75. The number of hydrogen-bond donors (Lipinski definition) is 1. The second-order valence-electron chi connectivity index (χ2n) is 3.28. The van der Waals surface area contributed by atoms with E-state index >= 15 is 0 Å². The van der Waals surface area contributed by atoms with E-state index < -0.39 is 0 Å². The highest BCUT2D eigenvalue weighted by Crippen LogP contribution is 2.03. The Morgan fingerprint density at radius 1 is 1.33 bits per heavy atom. The summed E-state index contributed by atoms with van der Waals surface area (Å²) >= 11 is 8.48. The Morgan fingerprint density at radius 2 is 2.00 bits per heavy atom. The van der Waals surface area contributed by atoms with Gasteiger partial charge in [0.25, 0.3) is 0 Å². The minimum Gasteiger partial charge on any atom is -0.375 e. The molecule has 0 aliphatic rings. The van der Waals surface area contributed by atoms with Crippen molar-refractivity contribution in [3.8, 4) is 0 Å². The Bertz CT molecular complexity index is 335.